The standard InChI is InChI=1S/C25H22F3N3O7/c1-2-36-21(32)11-29-23(34)37-13-16-12-31(24(35)38-16)15-8-7-14-9-20(30-22(33)18(14)10-15)17-5-3-4-6-19(17)25(26,27)28/h3-10,16H,2,11-13H2,1H3,(H,29,34)(H,30,33)/t16-/m1/s1. The molecule has 0 unspecified atom stereocenters. The zero-order valence-electron chi connectivity index (χ0n) is 20.0. The van der Waals surface area contributed by atoms with E-state index < -0.39 is 41.6 Å². The number of alkyl carbamates (subject to hydrolysis) is 1. The van der Waals surface area contributed by atoms with E-state index in [1.54, 1.807) is 6.92 Å². The number of aromatic amines is 1. The van der Waals surface area contributed by atoms with Gasteiger partial charge >= 0.3 is 24.3 Å². The van der Waals surface area contributed by atoms with Gasteiger partial charge in [0.15, 0.2) is 6.10 Å². The number of cyclic esters (lactones) is 1. The molecule has 1 aliphatic heterocycles. The van der Waals surface area contributed by atoms with Crippen LogP contribution in [0.3, 0.4) is 0 Å². The zero-order valence-corrected chi connectivity index (χ0v) is 20.0. The van der Waals surface area contributed by atoms with E-state index in [4.69, 9.17) is 9.47 Å². The van der Waals surface area contributed by atoms with Crippen LogP contribution in [0.5, 0.6) is 0 Å². The van der Waals surface area contributed by atoms with Crippen LogP contribution in [0, 0.1) is 0 Å². The minimum Gasteiger partial charge on any atom is -0.465 e. The Balaban J connectivity index is 1.48. The quantitative estimate of drug-likeness (QED) is 0.349. The van der Waals surface area contributed by atoms with Gasteiger partial charge in [-0.05, 0) is 36.6 Å². The van der Waals surface area contributed by atoms with Crippen LogP contribution in [-0.4, -0.2) is 55.5 Å². The highest BCUT2D eigenvalue weighted by atomic mass is 19.4. The van der Waals surface area contributed by atoms with Crippen molar-refractivity contribution in [3.63, 3.8) is 0 Å². The summed E-state index contributed by atoms with van der Waals surface area (Å²) >= 11 is 0. The molecule has 200 valence electrons. The molecule has 1 fully saturated rings. The van der Waals surface area contributed by atoms with Crippen molar-refractivity contribution in [1.29, 1.82) is 0 Å². The number of H-pyrrole nitrogens is 1. The summed E-state index contributed by atoms with van der Waals surface area (Å²) in [6.07, 6.45) is -7.06. The maximum atomic E-state index is 13.4. The number of carbonyl (C=O) groups is 3. The minimum absolute atomic E-state index is 0.00204. The number of nitrogens with one attached hydrogen (secondary N) is 2. The lowest BCUT2D eigenvalue weighted by Gasteiger charge is -2.15. The van der Waals surface area contributed by atoms with Gasteiger partial charge in [-0.3, -0.25) is 14.5 Å². The van der Waals surface area contributed by atoms with Crippen molar-refractivity contribution in [2.24, 2.45) is 0 Å². The zero-order chi connectivity index (χ0) is 27.4. The second-order valence-electron chi connectivity index (χ2n) is 8.20. The van der Waals surface area contributed by atoms with E-state index >= 15 is 0 Å². The van der Waals surface area contributed by atoms with Gasteiger partial charge in [-0.2, -0.15) is 13.2 Å². The molecule has 3 aromatic rings. The third kappa shape index (κ3) is 5.88. The highest BCUT2D eigenvalue weighted by Gasteiger charge is 2.35. The van der Waals surface area contributed by atoms with Gasteiger partial charge < -0.3 is 24.5 Å². The summed E-state index contributed by atoms with van der Waals surface area (Å²) in [6, 6.07) is 10.8. The molecule has 2 aromatic carbocycles. The first-order chi connectivity index (χ1) is 18.1. The molecule has 1 aliphatic rings. The van der Waals surface area contributed by atoms with Gasteiger partial charge in [-0.25, -0.2) is 9.59 Å². The number of amides is 2. The number of rotatable bonds is 7. The molecular formula is C25H22F3N3O7. The monoisotopic (exact) mass is 533 g/mol. The summed E-state index contributed by atoms with van der Waals surface area (Å²) in [6.45, 7) is 1.13. The van der Waals surface area contributed by atoms with Crippen LogP contribution in [-0.2, 0) is 25.2 Å². The van der Waals surface area contributed by atoms with Crippen molar-refractivity contribution in [1.82, 2.24) is 10.3 Å². The SMILES string of the molecule is CCOC(=O)CNC(=O)OC[C@H]1CN(c2ccc3cc(-c4ccccc4C(F)(F)F)[nH]c(=O)c3c2)C(=O)O1. The molecule has 0 radical (unpaired) electrons. The summed E-state index contributed by atoms with van der Waals surface area (Å²) in [4.78, 5) is 51.9. The molecular weight excluding hydrogens is 511 g/mol. The second-order valence-corrected chi connectivity index (χ2v) is 8.20. The molecule has 2 heterocycles. The number of halogens is 3. The van der Waals surface area contributed by atoms with Gasteiger partial charge in [0.05, 0.1) is 18.7 Å². The fraction of sp³-hybridized carbons (Fsp3) is 0.280. The fourth-order valence-corrected chi connectivity index (χ4v) is 3.92. The van der Waals surface area contributed by atoms with Crippen LogP contribution in [0.25, 0.3) is 22.0 Å². The van der Waals surface area contributed by atoms with Crippen LogP contribution in [0.1, 0.15) is 12.5 Å². The van der Waals surface area contributed by atoms with Gasteiger partial charge in [0.2, 0.25) is 0 Å². The third-order valence-corrected chi connectivity index (χ3v) is 5.62. The van der Waals surface area contributed by atoms with Crippen molar-refractivity contribution >= 4 is 34.6 Å². The Morgan fingerprint density at radius 2 is 1.89 bits per heavy atom. The highest BCUT2D eigenvalue weighted by molar-refractivity contribution is 5.95. The van der Waals surface area contributed by atoms with Crippen LogP contribution in [0.2, 0.25) is 0 Å². The van der Waals surface area contributed by atoms with Crippen molar-refractivity contribution in [3.8, 4) is 11.3 Å². The average Bonchev–Trinajstić information content (AvgIpc) is 3.26. The molecule has 4 rings (SSSR count). The molecule has 1 saturated heterocycles. The molecule has 2 N–H and O–H groups in total. The molecule has 1 atom stereocenters. The number of ether oxygens (including phenoxy) is 3. The summed E-state index contributed by atoms with van der Waals surface area (Å²) in [7, 11) is 0. The van der Waals surface area contributed by atoms with Gasteiger partial charge in [0.1, 0.15) is 13.2 Å². The first kappa shape index (κ1) is 26.5. The molecule has 38 heavy (non-hydrogen) atoms. The van der Waals surface area contributed by atoms with E-state index in [1.807, 2.05) is 0 Å². The Bertz CT molecular complexity index is 1440. The van der Waals surface area contributed by atoms with E-state index in [1.165, 1.54) is 47.4 Å². The number of benzene rings is 2. The first-order valence-corrected chi connectivity index (χ1v) is 11.4. The van der Waals surface area contributed by atoms with Crippen LogP contribution in [0.15, 0.2) is 53.3 Å². The van der Waals surface area contributed by atoms with Crippen molar-refractivity contribution in [2.75, 3.05) is 31.2 Å². The summed E-state index contributed by atoms with van der Waals surface area (Å²) < 4.78 is 55.2. The predicted molar refractivity (Wildman–Crippen MR) is 129 cm³/mol. The molecule has 0 aliphatic carbocycles. The lowest BCUT2D eigenvalue weighted by Crippen LogP contribution is -2.33. The lowest BCUT2D eigenvalue weighted by atomic mass is 10.0. The number of hydrogen-bond donors (Lipinski definition) is 2. The number of pyridine rings is 1. The van der Waals surface area contributed by atoms with E-state index in [2.05, 4.69) is 15.0 Å². The number of alkyl halides is 3. The normalized spacial score (nSPS) is 15.3. The van der Waals surface area contributed by atoms with E-state index in [0.29, 0.717) is 11.1 Å². The Morgan fingerprint density at radius 1 is 1.13 bits per heavy atom. The smallest absolute Gasteiger partial charge is 0.417 e. The average molecular weight is 533 g/mol. The second kappa shape index (κ2) is 10.8. The van der Waals surface area contributed by atoms with Gasteiger partial charge in [0, 0.05) is 22.3 Å². The molecule has 0 spiro atoms. The highest BCUT2D eigenvalue weighted by Crippen LogP contribution is 2.36. The largest absolute Gasteiger partial charge is 0.465 e. The Morgan fingerprint density at radius 3 is 2.63 bits per heavy atom. The summed E-state index contributed by atoms with van der Waals surface area (Å²) in [5.41, 5.74) is -1.37. The minimum atomic E-state index is -4.61. The van der Waals surface area contributed by atoms with Crippen LogP contribution >= 0.6 is 0 Å². The molecule has 1 aromatic heterocycles. The number of esters is 1. The predicted octanol–water partition coefficient (Wildman–Crippen LogP) is 3.83. The molecule has 0 saturated carbocycles. The number of nitrogens with zero attached hydrogens (tertiary/aromatic N) is 1. The molecule has 0 bridgehead atoms. The third-order valence-electron chi connectivity index (χ3n) is 5.62. The summed E-state index contributed by atoms with van der Waals surface area (Å²) in [5, 5.41) is 2.73. The number of aromatic nitrogens is 1. The van der Waals surface area contributed by atoms with E-state index in [0.717, 1.165) is 6.07 Å². The Labute approximate surface area is 213 Å². The number of fused-ring (bicyclic) bond motifs is 1. The van der Waals surface area contributed by atoms with Gasteiger partial charge in [0.25, 0.3) is 5.56 Å². The van der Waals surface area contributed by atoms with Gasteiger partial charge in [-0.15, -0.1) is 0 Å². The van der Waals surface area contributed by atoms with Crippen molar-refractivity contribution in [2.45, 2.75) is 19.2 Å². The molecule has 13 heteroatoms. The van der Waals surface area contributed by atoms with Crippen LogP contribution < -0.4 is 15.8 Å². The first-order valence-electron chi connectivity index (χ1n) is 11.4. The Hall–Kier alpha value is -4.55. The topological polar surface area (TPSA) is 127 Å². The number of hydrogen-bond acceptors (Lipinski definition) is 7. The molecule has 2 amide bonds. The van der Waals surface area contributed by atoms with Gasteiger partial charge in [-0.1, -0.05) is 24.3 Å². The van der Waals surface area contributed by atoms with E-state index in [-0.39, 0.29) is 42.9 Å². The fourth-order valence-electron chi connectivity index (χ4n) is 3.92. The number of carbonyl (C=O) groups excluding carboxylic acids is 3. The molecule has 10 nitrogen and oxygen atoms in total. The maximum absolute atomic E-state index is 13.4. The van der Waals surface area contributed by atoms with Crippen molar-refractivity contribution in [3.05, 3.63) is 64.4 Å². The number of anilines is 1. The van der Waals surface area contributed by atoms with Crippen LogP contribution in [0.4, 0.5) is 28.4 Å². The lowest BCUT2D eigenvalue weighted by molar-refractivity contribution is -0.142. The maximum Gasteiger partial charge on any atom is 0.417 e. The van der Waals surface area contributed by atoms with E-state index in [9.17, 15) is 32.3 Å². The Kier molecular flexibility index (Phi) is 7.55. The summed E-state index contributed by atoms with van der Waals surface area (Å²) in [5.74, 6) is -0.633. The van der Waals surface area contributed by atoms with Crippen molar-refractivity contribution < 1.29 is 41.8 Å².